The number of carbonyl (C=O) groups is 1. The van der Waals surface area contributed by atoms with Crippen LogP contribution in [0, 0.1) is 0 Å². The van der Waals surface area contributed by atoms with E-state index in [-0.39, 0.29) is 11.9 Å². The molecular formula is C46H64N2O3+2. The molecule has 2 aromatic heterocycles. The Morgan fingerprint density at radius 1 is 0.471 bits per heavy atom. The molecule has 51 heavy (non-hydrogen) atoms. The predicted octanol–water partition coefficient (Wildman–Crippen LogP) is 10.3. The third-order valence-corrected chi connectivity index (χ3v) is 10.00. The number of hydrogen-bond donors (Lipinski definition) is 1. The number of aryl methyl sites for hydroxylation is 2. The highest BCUT2D eigenvalue weighted by Crippen LogP contribution is 2.26. The Kier molecular flexibility index (Phi) is 19.7. The van der Waals surface area contributed by atoms with E-state index >= 15 is 0 Å². The zero-order valence-electron chi connectivity index (χ0n) is 31.2. The molecule has 1 N–H and O–H groups in total. The molecule has 0 spiro atoms. The van der Waals surface area contributed by atoms with Gasteiger partial charge in [-0.3, -0.25) is 4.79 Å². The summed E-state index contributed by atoms with van der Waals surface area (Å²) in [5.41, 5.74) is 4.51. The molecule has 2 aromatic carbocycles. The first-order valence-electron chi connectivity index (χ1n) is 20.1. The molecule has 0 unspecified atom stereocenters. The number of aliphatic hydroxyl groups is 1. The van der Waals surface area contributed by atoms with Crippen molar-refractivity contribution in [3.8, 4) is 11.1 Å². The fourth-order valence-corrected chi connectivity index (χ4v) is 6.89. The minimum atomic E-state index is -0.361. The highest BCUT2D eigenvalue weighted by molar-refractivity contribution is 5.82. The maximum absolute atomic E-state index is 13.0. The van der Waals surface area contributed by atoms with E-state index in [1.807, 2.05) is 60.7 Å². The molecule has 0 atom stereocenters. The van der Waals surface area contributed by atoms with Gasteiger partial charge >= 0.3 is 5.97 Å². The fraction of sp³-hybridized carbons (Fsp3) is 0.500. The summed E-state index contributed by atoms with van der Waals surface area (Å²) in [6.07, 6.45) is 31.2. The molecule has 5 nitrogen and oxygen atoms in total. The van der Waals surface area contributed by atoms with Crippen molar-refractivity contribution in [2.45, 2.75) is 135 Å². The lowest BCUT2D eigenvalue weighted by Gasteiger charge is -2.17. The first kappa shape index (κ1) is 39.9. The monoisotopic (exact) mass is 692 g/mol. The SMILES string of the molecule is O=C(OCCCCCCCCCCCCCCCC[n+]1ccc(-c2cc[n+](CCCCCCO)cc2)cc1)C(c1ccccc1)c1ccccc1. The Morgan fingerprint density at radius 3 is 1.22 bits per heavy atom. The molecule has 4 aromatic rings. The number of carbonyl (C=O) groups excluding carboxylic acids is 1. The molecule has 2 heterocycles. The average molecular weight is 693 g/mol. The van der Waals surface area contributed by atoms with Crippen molar-refractivity contribution in [3.63, 3.8) is 0 Å². The van der Waals surface area contributed by atoms with Crippen molar-refractivity contribution in [1.29, 1.82) is 0 Å². The molecule has 0 aliphatic heterocycles. The molecule has 0 radical (unpaired) electrons. The quantitative estimate of drug-likeness (QED) is 0.0385. The van der Waals surface area contributed by atoms with Crippen LogP contribution in [0.3, 0.4) is 0 Å². The van der Waals surface area contributed by atoms with Crippen LogP contribution in [0.1, 0.15) is 133 Å². The number of benzene rings is 2. The highest BCUT2D eigenvalue weighted by atomic mass is 16.5. The second kappa shape index (κ2) is 25.2. The second-order valence-corrected chi connectivity index (χ2v) is 14.2. The van der Waals surface area contributed by atoms with Crippen LogP contribution in [-0.4, -0.2) is 24.3 Å². The van der Waals surface area contributed by atoms with Crippen molar-refractivity contribution in [2.75, 3.05) is 13.2 Å². The minimum absolute atomic E-state index is 0.150. The third-order valence-electron chi connectivity index (χ3n) is 10.00. The molecule has 0 saturated carbocycles. The van der Waals surface area contributed by atoms with Crippen LogP contribution in [0.5, 0.6) is 0 Å². The van der Waals surface area contributed by atoms with Crippen molar-refractivity contribution in [2.24, 2.45) is 0 Å². The van der Waals surface area contributed by atoms with Crippen LogP contribution in [0.25, 0.3) is 11.1 Å². The molecule has 0 amide bonds. The van der Waals surface area contributed by atoms with E-state index in [9.17, 15) is 4.79 Å². The van der Waals surface area contributed by atoms with Gasteiger partial charge in [-0.1, -0.05) is 138 Å². The topological polar surface area (TPSA) is 54.3 Å². The standard InChI is InChI=1S/C46H64N2O3/c49-39-23-13-12-22-34-48-37-31-42(32-38-48)41-29-35-47(36-30-41)33-21-11-9-7-5-3-1-2-4-6-8-10-14-24-40-51-46(50)45(43-25-17-15-18-26-43)44-27-19-16-20-28-44/h15-20,25-32,35-38,45,49H,1-14,21-24,33-34,39-40H2/q+2. The lowest BCUT2D eigenvalue weighted by molar-refractivity contribution is -0.697. The molecule has 4 rings (SSSR count). The number of rotatable bonds is 27. The maximum Gasteiger partial charge on any atom is 0.317 e. The summed E-state index contributed by atoms with van der Waals surface area (Å²) >= 11 is 0. The Bertz CT molecular complexity index is 1400. The molecular weight excluding hydrogens is 629 g/mol. The van der Waals surface area contributed by atoms with Gasteiger partial charge in [-0.05, 0) is 47.9 Å². The van der Waals surface area contributed by atoms with E-state index < -0.39 is 0 Å². The normalized spacial score (nSPS) is 11.3. The molecule has 274 valence electrons. The lowest BCUT2D eigenvalue weighted by Crippen LogP contribution is -2.33. The smallest absolute Gasteiger partial charge is 0.317 e. The van der Waals surface area contributed by atoms with E-state index in [1.165, 1.54) is 94.6 Å². The summed E-state index contributed by atoms with van der Waals surface area (Å²) in [5.74, 6) is -0.511. The van der Waals surface area contributed by atoms with Gasteiger partial charge in [0.2, 0.25) is 0 Å². The number of pyridine rings is 2. The van der Waals surface area contributed by atoms with Crippen molar-refractivity contribution in [1.82, 2.24) is 0 Å². The maximum atomic E-state index is 13.0. The summed E-state index contributed by atoms with van der Waals surface area (Å²) in [4.78, 5) is 13.0. The van der Waals surface area contributed by atoms with Crippen LogP contribution in [0.15, 0.2) is 110 Å². The fourth-order valence-electron chi connectivity index (χ4n) is 6.89. The van der Waals surface area contributed by atoms with Crippen molar-refractivity contribution < 1.29 is 23.8 Å². The molecule has 5 heteroatoms. The Morgan fingerprint density at radius 2 is 0.824 bits per heavy atom. The average Bonchev–Trinajstić information content (AvgIpc) is 3.17. The lowest BCUT2D eigenvalue weighted by atomic mass is 9.91. The number of aliphatic hydroxyl groups excluding tert-OH is 1. The van der Waals surface area contributed by atoms with Gasteiger partial charge < -0.3 is 9.84 Å². The van der Waals surface area contributed by atoms with Crippen LogP contribution >= 0.6 is 0 Å². The first-order chi connectivity index (χ1) is 25.2. The van der Waals surface area contributed by atoms with Gasteiger partial charge in [0.1, 0.15) is 19.0 Å². The van der Waals surface area contributed by atoms with Crippen LogP contribution in [-0.2, 0) is 22.6 Å². The largest absolute Gasteiger partial charge is 0.465 e. The summed E-state index contributed by atoms with van der Waals surface area (Å²) in [6.45, 7) is 2.95. The van der Waals surface area contributed by atoms with Gasteiger partial charge in [-0.25, -0.2) is 9.13 Å². The predicted molar refractivity (Wildman–Crippen MR) is 208 cm³/mol. The van der Waals surface area contributed by atoms with Gasteiger partial charge in [-0.2, -0.15) is 0 Å². The van der Waals surface area contributed by atoms with Crippen molar-refractivity contribution >= 4 is 5.97 Å². The molecule has 0 aliphatic rings. The van der Waals surface area contributed by atoms with Crippen LogP contribution < -0.4 is 9.13 Å². The van der Waals surface area contributed by atoms with Crippen LogP contribution in [0.2, 0.25) is 0 Å². The number of hydrogen-bond acceptors (Lipinski definition) is 3. The number of unbranched alkanes of at least 4 members (excludes halogenated alkanes) is 16. The number of nitrogens with zero attached hydrogens (tertiary/aromatic N) is 2. The number of aromatic nitrogens is 2. The molecule has 0 aliphatic carbocycles. The third kappa shape index (κ3) is 15.9. The Hall–Kier alpha value is -3.83. The Labute approximate surface area is 308 Å². The van der Waals surface area contributed by atoms with E-state index in [4.69, 9.17) is 9.84 Å². The van der Waals surface area contributed by atoms with Gasteiger partial charge in [0, 0.05) is 43.7 Å². The highest BCUT2D eigenvalue weighted by Gasteiger charge is 2.23. The van der Waals surface area contributed by atoms with Crippen molar-refractivity contribution in [3.05, 3.63) is 121 Å². The minimum Gasteiger partial charge on any atom is -0.465 e. The summed E-state index contributed by atoms with van der Waals surface area (Å²) in [5, 5.41) is 8.91. The summed E-state index contributed by atoms with van der Waals surface area (Å²) < 4.78 is 10.3. The van der Waals surface area contributed by atoms with E-state index in [0.29, 0.717) is 13.2 Å². The second-order valence-electron chi connectivity index (χ2n) is 14.2. The van der Waals surface area contributed by atoms with E-state index in [2.05, 4.69) is 58.2 Å². The van der Waals surface area contributed by atoms with Gasteiger partial charge in [0.05, 0.1) is 6.61 Å². The molecule has 0 bridgehead atoms. The zero-order valence-corrected chi connectivity index (χ0v) is 31.2. The van der Waals surface area contributed by atoms with Gasteiger partial charge in [0.25, 0.3) is 0 Å². The van der Waals surface area contributed by atoms with E-state index in [0.717, 1.165) is 56.3 Å². The zero-order chi connectivity index (χ0) is 35.6. The summed E-state index contributed by atoms with van der Waals surface area (Å²) in [6, 6.07) is 28.8. The first-order valence-corrected chi connectivity index (χ1v) is 20.1. The van der Waals surface area contributed by atoms with Crippen LogP contribution in [0.4, 0.5) is 0 Å². The molecule has 0 saturated heterocycles. The van der Waals surface area contributed by atoms with E-state index in [1.54, 1.807) is 0 Å². The van der Waals surface area contributed by atoms with Gasteiger partial charge in [0.15, 0.2) is 24.8 Å². The Balaban J connectivity index is 0.931. The number of ether oxygens (including phenoxy) is 1. The molecule has 0 fully saturated rings. The number of esters is 1. The van der Waals surface area contributed by atoms with Gasteiger partial charge in [-0.15, -0.1) is 0 Å². The summed E-state index contributed by atoms with van der Waals surface area (Å²) in [7, 11) is 0.